The Morgan fingerprint density at radius 1 is 1.26 bits per heavy atom. The molecule has 0 aliphatic rings. The van der Waals surface area contributed by atoms with Crippen molar-refractivity contribution in [3.05, 3.63) is 52.2 Å². The Labute approximate surface area is 117 Å². The first-order valence-corrected chi connectivity index (χ1v) is 7.19. The fraction of sp³-hybridized carbons (Fsp3) is 0.267. The van der Waals surface area contributed by atoms with E-state index < -0.39 is 0 Å². The predicted molar refractivity (Wildman–Crippen MR) is 80.4 cm³/mol. The number of benzene rings is 1. The zero-order valence-electron chi connectivity index (χ0n) is 11.0. The number of hydrogen-bond donors (Lipinski definition) is 1. The number of anilines is 1. The number of nitrogens with zero attached hydrogens (tertiary/aromatic N) is 1. The fourth-order valence-corrected chi connectivity index (χ4v) is 2.68. The van der Waals surface area contributed by atoms with Gasteiger partial charge in [0.1, 0.15) is 0 Å². The normalized spacial score (nSPS) is 10.4. The second-order valence-electron chi connectivity index (χ2n) is 4.38. The van der Waals surface area contributed by atoms with Gasteiger partial charge in [0, 0.05) is 23.5 Å². The van der Waals surface area contributed by atoms with Gasteiger partial charge < -0.3 is 10.6 Å². The molecule has 2 rings (SSSR count). The predicted octanol–water partition coefficient (Wildman–Crippen LogP) is 2.94. The van der Waals surface area contributed by atoms with E-state index in [0.717, 1.165) is 11.3 Å². The van der Waals surface area contributed by atoms with Crippen LogP contribution in [-0.4, -0.2) is 12.5 Å². The molecule has 0 fully saturated rings. The minimum absolute atomic E-state index is 0.0743. The SMILES string of the molecule is Cc1ccccc1N(Cc1cccs1)C(=O)CCN. The molecule has 2 aromatic rings. The first-order valence-electron chi connectivity index (χ1n) is 6.31. The molecule has 1 amide bonds. The van der Waals surface area contributed by atoms with Crippen LogP contribution < -0.4 is 10.6 Å². The number of amides is 1. The Balaban J connectivity index is 2.29. The van der Waals surface area contributed by atoms with Crippen molar-refractivity contribution < 1.29 is 4.79 Å². The van der Waals surface area contributed by atoms with Crippen molar-refractivity contribution in [3.63, 3.8) is 0 Å². The van der Waals surface area contributed by atoms with Gasteiger partial charge in [0.2, 0.25) is 5.91 Å². The lowest BCUT2D eigenvalue weighted by molar-refractivity contribution is -0.118. The maximum Gasteiger partial charge on any atom is 0.228 e. The molecular weight excluding hydrogens is 256 g/mol. The number of carbonyl (C=O) groups is 1. The van der Waals surface area contributed by atoms with E-state index in [1.54, 1.807) is 11.3 Å². The number of para-hydroxylation sites is 1. The Morgan fingerprint density at radius 2 is 2.05 bits per heavy atom. The summed E-state index contributed by atoms with van der Waals surface area (Å²) in [5, 5.41) is 2.03. The number of aryl methyl sites for hydroxylation is 1. The number of hydrogen-bond acceptors (Lipinski definition) is 3. The topological polar surface area (TPSA) is 46.3 Å². The van der Waals surface area contributed by atoms with Gasteiger partial charge in [-0.2, -0.15) is 0 Å². The summed E-state index contributed by atoms with van der Waals surface area (Å²) in [6.45, 7) is 3.01. The van der Waals surface area contributed by atoms with Crippen LogP contribution >= 0.6 is 11.3 Å². The first kappa shape index (κ1) is 13.8. The average Bonchev–Trinajstić information content (AvgIpc) is 2.90. The molecule has 0 saturated carbocycles. The van der Waals surface area contributed by atoms with E-state index in [2.05, 4.69) is 0 Å². The molecule has 2 N–H and O–H groups in total. The Bertz CT molecular complexity index is 537. The number of rotatable bonds is 5. The van der Waals surface area contributed by atoms with E-state index >= 15 is 0 Å². The third-order valence-corrected chi connectivity index (χ3v) is 3.82. The summed E-state index contributed by atoms with van der Waals surface area (Å²) in [4.78, 5) is 15.3. The van der Waals surface area contributed by atoms with Crippen LogP contribution in [0.25, 0.3) is 0 Å². The van der Waals surface area contributed by atoms with Crippen LogP contribution in [0.1, 0.15) is 16.9 Å². The van der Waals surface area contributed by atoms with Crippen LogP contribution in [0.3, 0.4) is 0 Å². The molecular formula is C15H18N2OS. The van der Waals surface area contributed by atoms with Crippen LogP contribution in [-0.2, 0) is 11.3 Å². The molecule has 1 aromatic heterocycles. The minimum Gasteiger partial charge on any atom is -0.330 e. The molecule has 0 radical (unpaired) electrons. The van der Waals surface area contributed by atoms with Crippen molar-refractivity contribution in [2.75, 3.05) is 11.4 Å². The van der Waals surface area contributed by atoms with Gasteiger partial charge >= 0.3 is 0 Å². The summed E-state index contributed by atoms with van der Waals surface area (Å²) in [6.07, 6.45) is 0.375. The van der Waals surface area contributed by atoms with Gasteiger partial charge in [-0.05, 0) is 30.0 Å². The van der Waals surface area contributed by atoms with Crippen molar-refractivity contribution in [1.82, 2.24) is 0 Å². The monoisotopic (exact) mass is 274 g/mol. The van der Waals surface area contributed by atoms with Crippen LogP contribution in [0.15, 0.2) is 41.8 Å². The molecule has 0 saturated heterocycles. The molecule has 0 unspecified atom stereocenters. The number of nitrogens with two attached hydrogens (primary N) is 1. The molecule has 0 atom stereocenters. The highest BCUT2D eigenvalue weighted by Gasteiger charge is 2.17. The molecule has 4 heteroatoms. The maximum atomic E-state index is 12.3. The van der Waals surface area contributed by atoms with E-state index in [0.29, 0.717) is 19.5 Å². The number of thiophene rings is 1. The third-order valence-electron chi connectivity index (χ3n) is 2.96. The lowest BCUT2D eigenvalue weighted by atomic mass is 10.1. The summed E-state index contributed by atoms with van der Waals surface area (Å²) < 4.78 is 0. The smallest absolute Gasteiger partial charge is 0.228 e. The summed E-state index contributed by atoms with van der Waals surface area (Å²) in [5.41, 5.74) is 7.58. The van der Waals surface area contributed by atoms with E-state index in [1.165, 1.54) is 4.88 Å². The van der Waals surface area contributed by atoms with E-state index in [9.17, 15) is 4.79 Å². The van der Waals surface area contributed by atoms with Crippen molar-refractivity contribution in [2.45, 2.75) is 19.9 Å². The highest BCUT2D eigenvalue weighted by Crippen LogP contribution is 2.23. The van der Waals surface area contributed by atoms with Gasteiger partial charge in [0.15, 0.2) is 0 Å². The summed E-state index contributed by atoms with van der Waals surface area (Å²) in [6, 6.07) is 12.0. The standard InChI is InChI=1S/C15H18N2OS/c1-12-5-2-3-7-14(12)17(15(18)8-9-16)11-13-6-4-10-19-13/h2-7,10H,8-9,11,16H2,1H3. The maximum absolute atomic E-state index is 12.3. The Kier molecular flexibility index (Phi) is 4.71. The summed E-state index contributed by atoms with van der Waals surface area (Å²) in [5.74, 6) is 0.0743. The van der Waals surface area contributed by atoms with Crippen molar-refractivity contribution in [3.8, 4) is 0 Å². The Morgan fingerprint density at radius 3 is 2.68 bits per heavy atom. The van der Waals surface area contributed by atoms with E-state index in [1.807, 2.05) is 53.6 Å². The van der Waals surface area contributed by atoms with Crippen LogP contribution in [0.5, 0.6) is 0 Å². The lowest BCUT2D eigenvalue weighted by Gasteiger charge is -2.24. The Hall–Kier alpha value is -1.65. The van der Waals surface area contributed by atoms with Crippen LogP contribution in [0.4, 0.5) is 5.69 Å². The fourth-order valence-electron chi connectivity index (χ4n) is 1.99. The highest BCUT2D eigenvalue weighted by molar-refractivity contribution is 7.09. The second kappa shape index (κ2) is 6.50. The molecule has 19 heavy (non-hydrogen) atoms. The molecule has 1 heterocycles. The van der Waals surface area contributed by atoms with Crippen molar-refractivity contribution >= 4 is 22.9 Å². The molecule has 0 spiro atoms. The quantitative estimate of drug-likeness (QED) is 0.911. The summed E-state index contributed by atoms with van der Waals surface area (Å²) in [7, 11) is 0. The molecule has 0 aliphatic carbocycles. The zero-order chi connectivity index (χ0) is 13.7. The minimum atomic E-state index is 0.0743. The van der Waals surface area contributed by atoms with Gasteiger partial charge in [-0.1, -0.05) is 24.3 Å². The second-order valence-corrected chi connectivity index (χ2v) is 5.42. The molecule has 100 valence electrons. The van der Waals surface area contributed by atoms with E-state index in [4.69, 9.17) is 5.73 Å². The largest absolute Gasteiger partial charge is 0.330 e. The van der Waals surface area contributed by atoms with Gasteiger partial charge in [-0.25, -0.2) is 0 Å². The van der Waals surface area contributed by atoms with Crippen molar-refractivity contribution in [1.29, 1.82) is 0 Å². The first-order chi connectivity index (χ1) is 9.22. The van der Waals surface area contributed by atoms with Crippen molar-refractivity contribution in [2.24, 2.45) is 5.73 Å². The van der Waals surface area contributed by atoms with Gasteiger partial charge in [0.05, 0.1) is 6.54 Å². The number of carbonyl (C=O) groups excluding carboxylic acids is 1. The van der Waals surface area contributed by atoms with Gasteiger partial charge in [-0.3, -0.25) is 4.79 Å². The average molecular weight is 274 g/mol. The van der Waals surface area contributed by atoms with Gasteiger partial charge in [-0.15, -0.1) is 11.3 Å². The molecule has 1 aromatic carbocycles. The van der Waals surface area contributed by atoms with Crippen LogP contribution in [0, 0.1) is 6.92 Å². The zero-order valence-corrected chi connectivity index (χ0v) is 11.8. The van der Waals surface area contributed by atoms with Crippen LogP contribution in [0.2, 0.25) is 0 Å². The molecule has 3 nitrogen and oxygen atoms in total. The van der Waals surface area contributed by atoms with Gasteiger partial charge in [0.25, 0.3) is 0 Å². The third kappa shape index (κ3) is 3.43. The van der Waals surface area contributed by atoms with E-state index in [-0.39, 0.29) is 5.91 Å². The molecule has 0 bridgehead atoms. The highest BCUT2D eigenvalue weighted by atomic mass is 32.1. The summed E-state index contributed by atoms with van der Waals surface area (Å²) >= 11 is 1.66. The lowest BCUT2D eigenvalue weighted by Crippen LogP contribution is -2.32. The molecule has 0 aliphatic heterocycles.